The molecule has 0 aliphatic carbocycles. The molecule has 0 saturated carbocycles. The number of nitrogens with one attached hydrogen (secondary N) is 1. The van der Waals surface area contributed by atoms with E-state index in [4.69, 9.17) is 9.26 Å². The van der Waals surface area contributed by atoms with Crippen LogP contribution in [0.1, 0.15) is 19.7 Å². The molecule has 0 aliphatic heterocycles. The Morgan fingerprint density at radius 1 is 1.35 bits per heavy atom. The smallest absolute Gasteiger partial charge is 0.257 e. The van der Waals surface area contributed by atoms with E-state index in [2.05, 4.69) is 15.5 Å². The van der Waals surface area contributed by atoms with Crippen molar-refractivity contribution in [2.45, 2.75) is 20.4 Å². The third-order valence-corrected chi connectivity index (χ3v) is 2.75. The fraction of sp³-hybridized carbons (Fsp3) is 0.357. The van der Waals surface area contributed by atoms with E-state index in [1.807, 2.05) is 38.1 Å². The van der Waals surface area contributed by atoms with Crippen LogP contribution >= 0.6 is 0 Å². The molecule has 2 rings (SSSR count). The van der Waals surface area contributed by atoms with Gasteiger partial charge in [0.2, 0.25) is 5.91 Å². The molecule has 106 valence electrons. The van der Waals surface area contributed by atoms with Crippen LogP contribution < -0.4 is 10.1 Å². The van der Waals surface area contributed by atoms with Gasteiger partial charge in [-0.15, -0.1) is 0 Å². The topological polar surface area (TPSA) is 77.2 Å². The molecule has 2 aromatic rings. The highest BCUT2D eigenvalue weighted by atomic mass is 16.5. The summed E-state index contributed by atoms with van der Waals surface area (Å²) < 4.78 is 10.2. The van der Waals surface area contributed by atoms with Crippen LogP contribution in [0.2, 0.25) is 0 Å². The Labute approximate surface area is 117 Å². The number of nitrogens with zero attached hydrogens (tertiary/aromatic N) is 2. The zero-order valence-corrected chi connectivity index (χ0v) is 11.7. The number of ether oxygens (including phenoxy) is 1. The molecular weight excluding hydrogens is 258 g/mol. The lowest BCUT2D eigenvalue weighted by atomic mass is 10.2. The Bertz CT molecular complexity index is 576. The summed E-state index contributed by atoms with van der Waals surface area (Å²) in [6, 6.07) is 7.31. The minimum atomic E-state index is -0.0667. The number of benzene rings is 1. The van der Waals surface area contributed by atoms with E-state index in [0.29, 0.717) is 11.7 Å². The monoisotopic (exact) mass is 275 g/mol. The minimum absolute atomic E-state index is 0.0409. The first kappa shape index (κ1) is 14.0. The van der Waals surface area contributed by atoms with Gasteiger partial charge in [0.15, 0.2) is 5.82 Å². The van der Waals surface area contributed by atoms with Crippen LogP contribution in [-0.2, 0) is 11.3 Å². The standard InChI is InChI=1S/C14H17N3O3/c1-9(2)13(18)15-8-12-16-14(20-17-12)10-4-6-11(19-3)7-5-10/h4-7,9H,8H2,1-3H3,(H,15,18). The second-order valence-electron chi connectivity index (χ2n) is 4.62. The Morgan fingerprint density at radius 2 is 2.05 bits per heavy atom. The van der Waals surface area contributed by atoms with Crippen molar-refractivity contribution in [3.8, 4) is 17.2 Å². The Balaban J connectivity index is 2.02. The summed E-state index contributed by atoms with van der Waals surface area (Å²) in [6.07, 6.45) is 0. The molecule has 1 aromatic heterocycles. The normalized spacial score (nSPS) is 10.6. The average Bonchev–Trinajstić information content (AvgIpc) is 2.93. The summed E-state index contributed by atoms with van der Waals surface area (Å²) in [5.74, 6) is 1.52. The van der Waals surface area contributed by atoms with Crippen LogP contribution in [0.15, 0.2) is 28.8 Å². The van der Waals surface area contributed by atoms with Crippen molar-refractivity contribution in [2.75, 3.05) is 7.11 Å². The molecule has 1 amide bonds. The molecule has 1 aromatic carbocycles. The largest absolute Gasteiger partial charge is 0.497 e. The van der Waals surface area contributed by atoms with E-state index in [9.17, 15) is 4.79 Å². The van der Waals surface area contributed by atoms with Crippen LogP contribution in [0.5, 0.6) is 5.75 Å². The highest BCUT2D eigenvalue weighted by Crippen LogP contribution is 2.20. The molecule has 0 unspecified atom stereocenters. The average molecular weight is 275 g/mol. The first-order chi connectivity index (χ1) is 9.60. The van der Waals surface area contributed by atoms with Crippen molar-refractivity contribution in [3.63, 3.8) is 0 Å². The summed E-state index contributed by atoms with van der Waals surface area (Å²) in [6.45, 7) is 3.92. The van der Waals surface area contributed by atoms with Gasteiger partial charge >= 0.3 is 0 Å². The molecule has 0 radical (unpaired) electrons. The first-order valence-corrected chi connectivity index (χ1v) is 6.35. The van der Waals surface area contributed by atoms with Crippen LogP contribution in [0, 0.1) is 5.92 Å². The number of hydrogen-bond acceptors (Lipinski definition) is 5. The summed E-state index contributed by atoms with van der Waals surface area (Å²) >= 11 is 0. The van der Waals surface area contributed by atoms with Gasteiger partial charge in [0, 0.05) is 11.5 Å². The molecule has 0 aliphatic rings. The van der Waals surface area contributed by atoms with Crippen LogP contribution in [0.3, 0.4) is 0 Å². The van der Waals surface area contributed by atoms with Gasteiger partial charge in [-0.05, 0) is 24.3 Å². The maximum absolute atomic E-state index is 11.5. The van der Waals surface area contributed by atoms with E-state index in [0.717, 1.165) is 11.3 Å². The predicted molar refractivity (Wildman–Crippen MR) is 73.0 cm³/mol. The minimum Gasteiger partial charge on any atom is -0.497 e. The van der Waals surface area contributed by atoms with E-state index in [1.54, 1.807) is 7.11 Å². The van der Waals surface area contributed by atoms with Crippen molar-refractivity contribution in [2.24, 2.45) is 5.92 Å². The number of rotatable bonds is 5. The number of amides is 1. The molecule has 0 bridgehead atoms. The van der Waals surface area contributed by atoms with E-state index in [-0.39, 0.29) is 18.4 Å². The fourth-order valence-corrected chi connectivity index (χ4v) is 1.55. The van der Waals surface area contributed by atoms with Gasteiger partial charge in [-0.25, -0.2) is 0 Å². The van der Waals surface area contributed by atoms with E-state index >= 15 is 0 Å². The van der Waals surface area contributed by atoms with Gasteiger partial charge in [-0.3, -0.25) is 4.79 Å². The lowest BCUT2D eigenvalue weighted by molar-refractivity contribution is -0.124. The third kappa shape index (κ3) is 3.34. The van der Waals surface area contributed by atoms with Gasteiger partial charge in [-0.2, -0.15) is 4.98 Å². The number of aromatic nitrogens is 2. The second-order valence-corrected chi connectivity index (χ2v) is 4.62. The van der Waals surface area contributed by atoms with Gasteiger partial charge in [0.05, 0.1) is 13.7 Å². The Hall–Kier alpha value is -2.37. The van der Waals surface area contributed by atoms with Crippen molar-refractivity contribution >= 4 is 5.91 Å². The van der Waals surface area contributed by atoms with Gasteiger partial charge in [0.1, 0.15) is 5.75 Å². The summed E-state index contributed by atoms with van der Waals surface area (Å²) in [5.41, 5.74) is 0.805. The van der Waals surface area contributed by atoms with Crippen LogP contribution in [0.4, 0.5) is 0 Å². The lowest BCUT2D eigenvalue weighted by Crippen LogP contribution is -2.27. The molecule has 6 nitrogen and oxygen atoms in total. The number of carbonyl (C=O) groups excluding carboxylic acids is 1. The molecule has 0 atom stereocenters. The highest BCUT2D eigenvalue weighted by Gasteiger charge is 2.11. The summed E-state index contributed by atoms with van der Waals surface area (Å²) in [5, 5.41) is 6.57. The molecule has 0 spiro atoms. The second kappa shape index (κ2) is 6.18. The quantitative estimate of drug-likeness (QED) is 0.903. The molecule has 0 saturated heterocycles. The molecular formula is C14H17N3O3. The van der Waals surface area contributed by atoms with E-state index in [1.165, 1.54) is 0 Å². The lowest BCUT2D eigenvalue weighted by Gasteiger charge is -2.03. The highest BCUT2D eigenvalue weighted by molar-refractivity contribution is 5.77. The fourth-order valence-electron chi connectivity index (χ4n) is 1.55. The SMILES string of the molecule is COc1ccc(-c2nc(CNC(=O)C(C)C)no2)cc1. The molecule has 20 heavy (non-hydrogen) atoms. The zero-order chi connectivity index (χ0) is 14.5. The van der Waals surface area contributed by atoms with Gasteiger partial charge < -0.3 is 14.6 Å². The third-order valence-electron chi connectivity index (χ3n) is 2.75. The van der Waals surface area contributed by atoms with Crippen molar-refractivity contribution in [3.05, 3.63) is 30.1 Å². The molecule has 0 fully saturated rings. The van der Waals surface area contributed by atoms with Crippen molar-refractivity contribution < 1.29 is 14.1 Å². The van der Waals surface area contributed by atoms with Crippen LogP contribution in [0.25, 0.3) is 11.5 Å². The zero-order valence-electron chi connectivity index (χ0n) is 11.7. The molecule has 6 heteroatoms. The Kier molecular flexibility index (Phi) is 4.34. The van der Waals surface area contributed by atoms with Crippen molar-refractivity contribution in [1.82, 2.24) is 15.5 Å². The van der Waals surface area contributed by atoms with E-state index < -0.39 is 0 Å². The summed E-state index contributed by atoms with van der Waals surface area (Å²) in [4.78, 5) is 15.7. The Morgan fingerprint density at radius 3 is 2.65 bits per heavy atom. The number of methoxy groups -OCH3 is 1. The maximum Gasteiger partial charge on any atom is 0.257 e. The van der Waals surface area contributed by atoms with Crippen molar-refractivity contribution in [1.29, 1.82) is 0 Å². The predicted octanol–water partition coefficient (Wildman–Crippen LogP) is 2.02. The number of hydrogen-bond donors (Lipinski definition) is 1. The molecule has 1 N–H and O–H groups in total. The van der Waals surface area contributed by atoms with Gasteiger partial charge in [0.25, 0.3) is 5.89 Å². The maximum atomic E-state index is 11.5. The van der Waals surface area contributed by atoms with Gasteiger partial charge in [-0.1, -0.05) is 19.0 Å². The summed E-state index contributed by atoms with van der Waals surface area (Å²) in [7, 11) is 1.61. The number of carbonyl (C=O) groups is 1. The first-order valence-electron chi connectivity index (χ1n) is 6.35. The van der Waals surface area contributed by atoms with Crippen LogP contribution in [-0.4, -0.2) is 23.2 Å². The molecule has 1 heterocycles.